The van der Waals surface area contributed by atoms with Crippen LogP contribution in [0.25, 0.3) is 0 Å². The van der Waals surface area contributed by atoms with E-state index in [-0.39, 0.29) is 19.0 Å². The second-order valence-corrected chi connectivity index (χ2v) is 6.06. The molecule has 0 aromatic heterocycles. The zero-order valence-corrected chi connectivity index (χ0v) is 15.4. The van der Waals surface area contributed by atoms with Gasteiger partial charge in [0.2, 0.25) is 0 Å². The third kappa shape index (κ3) is 5.71. The zero-order chi connectivity index (χ0) is 20.7. The van der Waals surface area contributed by atoms with Gasteiger partial charge in [0.15, 0.2) is 30.5 Å². The molecule has 2 aromatic rings. The Morgan fingerprint density at radius 1 is 0.929 bits per heavy atom. The van der Waals surface area contributed by atoms with Crippen LogP contribution in [0.2, 0.25) is 0 Å². The van der Waals surface area contributed by atoms with Crippen molar-refractivity contribution in [1.82, 2.24) is 0 Å². The van der Waals surface area contributed by atoms with Crippen molar-refractivity contribution >= 4 is 23.2 Å². The fraction of sp³-hybridized carbons (Fsp3) is 0.263. The number of amides is 2. The number of halogens is 3. The standard InChI is InChI=1S/C19H20F3N3O3/c1-3-28-15-7-5-4-6-13(15)23-16(26)10-25(2)11-17(27)24-14-9-8-12(20)18(21)19(14)22/h4-9H,3,10-11H2,1-2H3,(H,23,26)(H,24,27)/p+1. The summed E-state index contributed by atoms with van der Waals surface area (Å²) in [7, 11) is 1.59. The lowest BCUT2D eigenvalue weighted by Crippen LogP contribution is -3.11. The first kappa shape index (κ1) is 21.2. The highest BCUT2D eigenvalue weighted by atomic mass is 19.2. The topological polar surface area (TPSA) is 71.9 Å². The van der Waals surface area contributed by atoms with Crippen molar-refractivity contribution in [2.45, 2.75) is 6.92 Å². The first-order chi connectivity index (χ1) is 13.3. The molecule has 0 heterocycles. The third-order valence-corrected chi connectivity index (χ3v) is 3.69. The number of rotatable bonds is 8. The molecule has 2 rings (SSSR count). The number of quaternary nitrogens is 1. The molecule has 0 saturated carbocycles. The van der Waals surface area contributed by atoms with Crippen molar-refractivity contribution in [3.8, 4) is 5.75 Å². The predicted octanol–water partition coefficient (Wildman–Crippen LogP) is 1.59. The summed E-state index contributed by atoms with van der Waals surface area (Å²) in [5, 5.41) is 4.87. The number of likely N-dealkylation sites (N-methyl/N-ethyl adjacent to an activating group) is 1. The summed E-state index contributed by atoms with van der Waals surface area (Å²) in [4.78, 5) is 24.7. The first-order valence-electron chi connectivity index (χ1n) is 8.58. The number of nitrogens with one attached hydrogen (secondary N) is 3. The summed E-state index contributed by atoms with van der Waals surface area (Å²) >= 11 is 0. The largest absolute Gasteiger partial charge is 0.492 e. The highest BCUT2D eigenvalue weighted by Crippen LogP contribution is 2.23. The third-order valence-electron chi connectivity index (χ3n) is 3.69. The predicted molar refractivity (Wildman–Crippen MR) is 97.8 cm³/mol. The lowest BCUT2D eigenvalue weighted by atomic mass is 10.2. The highest BCUT2D eigenvalue weighted by molar-refractivity contribution is 5.94. The number of hydrogen-bond donors (Lipinski definition) is 3. The van der Waals surface area contributed by atoms with Gasteiger partial charge in [-0.05, 0) is 31.2 Å². The minimum Gasteiger partial charge on any atom is -0.492 e. The number of hydrogen-bond acceptors (Lipinski definition) is 3. The Morgan fingerprint density at radius 2 is 1.54 bits per heavy atom. The Kier molecular flexibility index (Phi) is 7.39. The van der Waals surface area contributed by atoms with Crippen molar-refractivity contribution in [3.63, 3.8) is 0 Å². The maximum Gasteiger partial charge on any atom is 0.279 e. The number of para-hydroxylation sites is 2. The van der Waals surface area contributed by atoms with Gasteiger partial charge in [-0.2, -0.15) is 0 Å². The maximum atomic E-state index is 13.6. The quantitative estimate of drug-likeness (QED) is 0.594. The first-order valence-corrected chi connectivity index (χ1v) is 8.58. The maximum absolute atomic E-state index is 13.6. The van der Waals surface area contributed by atoms with E-state index in [1.807, 2.05) is 6.92 Å². The molecular formula is C19H21F3N3O3+. The number of carbonyl (C=O) groups is 2. The Balaban J connectivity index is 1.89. The van der Waals surface area contributed by atoms with Crippen LogP contribution >= 0.6 is 0 Å². The molecule has 28 heavy (non-hydrogen) atoms. The van der Waals surface area contributed by atoms with Gasteiger partial charge in [-0.15, -0.1) is 0 Å². The van der Waals surface area contributed by atoms with Gasteiger partial charge in [0.25, 0.3) is 11.8 Å². The molecule has 0 aliphatic carbocycles. The summed E-state index contributed by atoms with van der Waals surface area (Å²) in [6.07, 6.45) is 0. The molecule has 1 atom stereocenters. The Hall–Kier alpha value is -3.07. The molecule has 9 heteroatoms. The Labute approximate surface area is 160 Å². The minimum absolute atomic E-state index is 0.0475. The van der Waals surface area contributed by atoms with E-state index in [0.717, 1.165) is 6.07 Å². The van der Waals surface area contributed by atoms with Crippen molar-refractivity contribution < 1.29 is 32.4 Å². The van der Waals surface area contributed by atoms with E-state index in [9.17, 15) is 22.8 Å². The minimum atomic E-state index is -1.66. The van der Waals surface area contributed by atoms with Gasteiger partial charge in [0, 0.05) is 0 Å². The molecule has 1 unspecified atom stereocenters. The molecule has 0 fully saturated rings. The summed E-state index contributed by atoms with van der Waals surface area (Å²) in [6.45, 7) is 2.04. The monoisotopic (exact) mass is 396 g/mol. The Bertz CT molecular complexity index is 862. The van der Waals surface area contributed by atoms with Gasteiger partial charge in [0.1, 0.15) is 5.75 Å². The van der Waals surface area contributed by atoms with Gasteiger partial charge in [-0.1, -0.05) is 12.1 Å². The molecular weight excluding hydrogens is 375 g/mol. The molecule has 2 amide bonds. The molecule has 0 radical (unpaired) electrons. The highest BCUT2D eigenvalue weighted by Gasteiger charge is 2.19. The smallest absolute Gasteiger partial charge is 0.279 e. The van der Waals surface area contributed by atoms with Crippen LogP contribution in [0.1, 0.15) is 6.92 Å². The lowest BCUT2D eigenvalue weighted by Gasteiger charge is -2.15. The summed E-state index contributed by atoms with van der Waals surface area (Å²) < 4.78 is 45.1. The molecule has 3 N–H and O–H groups in total. The van der Waals surface area contributed by atoms with Crippen molar-refractivity contribution in [2.75, 3.05) is 37.4 Å². The number of anilines is 2. The van der Waals surface area contributed by atoms with Gasteiger partial charge < -0.3 is 20.3 Å². The number of ether oxygens (including phenoxy) is 1. The Morgan fingerprint density at radius 3 is 2.18 bits per heavy atom. The zero-order valence-electron chi connectivity index (χ0n) is 15.4. The van der Waals surface area contributed by atoms with Gasteiger partial charge in [0.05, 0.1) is 25.0 Å². The van der Waals surface area contributed by atoms with Crippen LogP contribution in [0.15, 0.2) is 36.4 Å². The fourth-order valence-corrected chi connectivity index (χ4v) is 2.47. The molecule has 0 spiro atoms. The second-order valence-electron chi connectivity index (χ2n) is 6.06. The van der Waals surface area contributed by atoms with Gasteiger partial charge in [-0.25, -0.2) is 13.2 Å². The SMILES string of the molecule is CCOc1ccccc1NC(=O)C[NH+](C)CC(=O)Nc1ccc(F)c(F)c1F. The van der Waals surface area contributed by atoms with Gasteiger partial charge in [-0.3, -0.25) is 9.59 Å². The van der Waals surface area contributed by atoms with Crippen molar-refractivity contribution in [3.05, 3.63) is 53.8 Å². The summed E-state index contributed by atoms with van der Waals surface area (Å²) in [6, 6.07) is 8.58. The van der Waals surface area contributed by atoms with Crippen LogP contribution in [0.5, 0.6) is 5.75 Å². The van der Waals surface area contributed by atoms with Crippen LogP contribution in [0, 0.1) is 17.5 Å². The average molecular weight is 396 g/mol. The van der Waals surface area contributed by atoms with Crippen molar-refractivity contribution in [1.29, 1.82) is 0 Å². The average Bonchev–Trinajstić information content (AvgIpc) is 2.64. The van der Waals surface area contributed by atoms with E-state index in [4.69, 9.17) is 4.74 Å². The molecule has 0 bridgehead atoms. The number of carbonyl (C=O) groups excluding carboxylic acids is 2. The van der Waals surface area contributed by atoms with E-state index in [0.29, 0.717) is 29.0 Å². The molecule has 6 nitrogen and oxygen atoms in total. The fourth-order valence-electron chi connectivity index (χ4n) is 2.47. The van der Waals surface area contributed by atoms with E-state index in [1.54, 1.807) is 31.3 Å². The van der Waals surface area contributed by atoms with E-state index in [2.05, 4.69) is 10.6 Å². The second kappa shape index (κ2) is 9.75. The normalized spacial score (nSPS) is 11.6. The molecule has 0 aliphatic heterocycles. The van der Waals surface area contributed by atoms with Crippen LogP contribution in [-0.2, 0) is 9.59 Å². The number of benzene rings is 2. The molecule has 0 saturated heterocycles. The molecule has 150 valence electrons. The summed E-state index contributed by atoms with van der Waals surface area (Å²) in [5.41, 5.74) is 0.0438. The molecule has 0 aliphatic rings. The van der Waals surface area contributed by atoms with Crippen molar-refractivity contribution in [2.24, 2.45) is 0 Å². The van der Waals surface area contributed by atoms with E-state index >= 15 is 0 Å². The van der Waals surface area contributed by atoms with Crippen LogP contribution < -0.4 is 20.3 Å². The van der Waals surface area contributed by atoms with Crippen LogP contribution in [0.4, 0.5) is 24.5 Å². The van der Waals surface area contributed by atoms with E-state index in [1.165, 1.54) is 0 Å². The van der Waals surface area contributed by atoms with Crippen LogP contribution in [-0.4, -0.2) is 38.6 Å². The molecule has 2 aromatic carbocycles. The van der Waals surface area contributed by atoms with E-state index < -0.39 is 29.0 Å². The van der Waals surface area contributed by atoms with Crippen LogP contribution in [0.3, 0.4) is 0 Å². The lowest BCUT2D eigenvalue weighted by molar-refractivity contribution is -0.862. The summed E-state index contributed by atoms with van der Waals surface area (Å²) in [5.74, 6) is -4.95. The van der Waals surface area contributed by atoms with Gasteiger partial charge >= 0.3 is 0 Å².